The van der Waals surface area contributed by atoms with Crippen LogP contribution in [0.2, 0.25) is 0 Å². The Kier molecular flexibility index (Phi) is 4.25. The predicted octanol–water partition coefficient (Wildman–Crippen LogP) is 2.64. The molecule has 0 radical (unpaired) electrons. The fourth-order valence-electron chi connectivity index (χ4n) is 2.06. The van der Waals surface area contributed by atoms with Gasteiger partial charge in [-0.15, -0.1) is 0 Å². The summed E-state index contributed by atoms with van der Waals surface area (Å²) >= 11 is 0. The van der Waals surface area contributed by atoms with E-state index in [1.165, 1.54) is 6.42 Å². The molecule has 0 aliphatic heterocycles. The number of aromatic nitrogens is 1. The Morgan fingerprint density at radius 1 is 1.61 bits per heavy atom. The summed E-state index contributed by atoms with van der Waals surface area (Å²) in [5.41, 5.74) is 8.85. The number of nitrogens with zero attached hydrogens (tertiary/aromatic N) is 4. The summed E-state index contributed by atoms with van der Waals surface area (Å²) < 4.78 is 2.06. The van der Waals surface area contributed by atoms with E-state index in [1.807, 2.05) is 18.3 Å². The first-order chi connectivity index (χ1) is 8.83. The van der Waals surface area contributed by atoms with Crippen LogP contribution in [-0.2, 0) is 0 Å². The van der Waals surface area contributed by atoms with E-state index in [2.05, 4.69) is 19.9 Å². The van der Waals surface area contributed by atoms with E-state index in [0.29, 0.717) is 25.6 Å². The number of hydrogen-bond donors (Lipinski definition) is 1. The number of amides is 1. The molecule has 6 nitrogen and oxygen atoms in total. The third-order valence-corrected chi connectivity index (χ3v) is 3.26. The van der Waals surface area contributed by atoms with Gasteiger partial charge in [-0.1, -0.05) is 5.11 Å². The zero-order chi connectivity index (χ0) is 12.8. The Morgan fingerprint density at radius 2 is 2.44 bits per heavy atom. The summed E-state index contributed by atoms with van der Waals surface area (Å²) in [4.78, 5) is 14.6. The number of azide groups is 1. The molecule has 0 spiro atoms. The molecule has 1 N–H and O–H groups in total. The molecule has 0 aromatic carbocycles. The molecule has 1 amide bonds. The fraction of sp³-hybridized carbons (Fsp3) is 0.583. The number of carbonyl (C=O) groups is 1. The molecule has 1 saturated carbocycles. The van der Waals surface area contributed by atoms with Crippen molar-refractivity contribution in [2.75, 3.05) is 13.1 Å². The molecular formula is C12H17N5O. The Balaban J connectivity index is 1.84. The molecular weight excluding hydrogens is 230 g/mol. The minimum absolute atomic E-state index is 0.0483. The summed E-state index contributed by atoms with van der Waals surface area (Å²) in [6, 6.07) is 4.25. The molecule has 1 aliphatic carbocycles. The molecule has 18 heavy (non-hydrogen) atoms. The fourth-order valence-corrected chi connectivity index (χ4v) is 2.06. The second-order valence-corrected chi connectivity index (χ2v) is 4.45. The maximum atomic E-state index is 12.0. The van der Waals surface area contributed by atoms with Gasteiger partial charge in [-0.3, -0.25) is 4.79 Å². The molecule has 0 unspecified atom stereocenters. The van der Waals surface area contributed by atoms with Crippen LogP contribution in [0.4, 0.5) is 0 Å². The molecule has 6 heteroatoms. The van der Waals surface area contributed by atoms with Gasteiger partial charge in [-0.25, -0.2) is 0 Å². The number of hydrogen-bond acceptors (Lipinski definition) is 2. The smallest absolute Gasteiger partial charge is 0.267 e. The van der Waals surface area contributed by atoms with E-state index in [0.717, 1.165) is 18.5 Å². The lowest BCUT2D eigenvalue weighted by Crippen LogP contribution is -2.29. The van der Waals surface area contributed by atoms with Gasteiger partial charge in [0.25, 0.3) is 5.91 Å². The normalized spacial score (nSPS) is 14.7. The van der Waals surface area contributed by atoms with Gasteiger partial charge in [0.2, 0.25) is 0 Å². The van der Waals surface area contributed by atoms with Crippen molar-refractivity contribution in [2.24, 2.45) is 5.11 Å². The number of rotatable bonds is 6. The monoisotopic (exact) mass is 247 g/mol. The van der Waals surface area contributed by atoms with Crippen LogP contribution in [0.15, 0.2) is 23.4 Å². The van der Waals surface area contributed by atoms with Crippen molar-refractivity contribution in [1.29, 1.82) is 0 Å². The van der Waals surface area contributed by atoms with E-state index in [-0.39, 0.29) is 5.91 Å². The first kappa shape index (κ1) is 12.5. The minimum atomic E-state index is -0.0483. The topological polar surface area (TPSA) is 82.8 Å². The van der Waals surface area contributed by atoms with E-state index >= 15 is 0 Å². The maximum Gasteiger partial charge on any atom is 0.267 e. The summed E-state index contributed by atoms with van der Waals surface area (Å²) in [5.74, 6) is -0.0483. The number of nitrogens with one attached hydrogen (secondary N) is 1. The van der Waals surface area contributed by atoms with Gasteiger partial charge in [0.1, 0.15) is 5.69 Å². The van der Waals surface area contributed by atoms with Crippen LogP contribution in [0.3, 0.4) is 0 Å². The third kappa shape index (κ3) is 2.84. The van der Waals surface area contributed by atoms with Crippen LogP contribution in [0, 0.1) is 0 Å². The van der Waals surface area contributed by atoms with Crippen LogP contribution in [0.1, 0.15) is 42.2 Å². The molecule has 1 aliphatic rings. The van der Waals surface area contributed by atoms with Crippen molar-refractivity contribution >= 4 is 5.91 Å². The highest BCUT2D eigenvalue weighted by Crippen LogP contribution is 2.32. The molecule has 96 valence electrons. The lowest BCUT2D eigenvalue weighted by Gasteiger charge is -2.28. The summed E-state index contributed by atoms with van der Waals surface area (Å²) in [7, 11) is 0. The molecule has 1 aromatic heterocycles. The van der Waals surface area contributed by atoms with Crippen molar-refractivity contribution in [2.45, 2.75) is 31.7 Å². The van der Waals surface area contributed by atoms with E-state index < -0.39 is 0 Å². The second kappa shape index (κ2) is 6.12. The van der Waals surface area contributed by atoms with Gasteiger partial charge in [-0.05, 0) is 43.3 Å². The first-order valence-electron chi connectivity index (χ1n) is 6.29. The first-order valence-corrected chi connectivity index (χ1v) is 6.29. The molecule has 1 heterocycles. The predicted molar refractivity (Wildman–Crippen MR) is 68.3 cm³/mol. The van der Waals surface area contributed by atoms with Crippen molar-refractivity contribution in [3.8, 4) is 0 Å². The van der Waals surface area contributed by atoms with Crippen molar-refractivity contribution < 1.29 is 4.79 Å². The molecule has 0 saturated heterocycles. The van der Waals surface area contributed by atoms with Crippen LogP contribution in [-0.4, -0.2) is 23.6 Å². The highest BCUT2D eigenvalue weighted by atomic mass is 16.1. The van der Waals surface area contributed by atoms with Crippen LogP contribution in [0.5, 0.6) is 0 Å². The molecule has 1 aromatic rings. The van der Waals surface area contributed by atoms with Crippen molar-refractivity contribution in [3.05, 3.63) is 34.5 Å². The van der Waals surface area contributed by atoms with Gasteiger partial charge in [-0.2, -0.15) is 0 Å². The average molecular weight is 247 g/mol. The Bertz CT molecular complexity index is 457. The van der Waals surface area contributed by atoms with E-state index in [1.54, 1.807) is 0 Å². The van der Waals surface area contributed by atoms with Crippen LogP contribution < -0.4 is 5.32 Å². The van der Waals surface area contributed by atoms with Gasteiger partial charge >= 0.3 is 0 Å². The van der Waals surface area contributed by atoms with E-state index in [9.17, 15) is 4.79 Å². The van der Waals surface area contributed by atoms with Gasteiger partial charge < -0.3 is 9.88 Å². The quantitative estimate of drug-likeness (QED) is 0.356. The average Bonchev–Trinajstić information content (AvgIpc) is 2.75. The number of carbonyl (C=O) groups excluding carboxylic acids is 1. The summed E-state index contributed by atoms with van der Waals surface area (Å²) in [5, 5.41) is 6.27. The van der Waals surface area contributed by atoms with E-state index in [4.69, 9.17) is 5.53 Å². The standard InChI is InChI=1S/C12H17N5O/c13-16-15-8-3-7-14-12(18)11-6-2-9-17(11)10-4-1-5-10/h2,6,9-10H,1,3-5,7-8H2,(H,14,18). The van der Waals surface area contributed by atoms with Crippen molar-refractivity contribution in [1.82, 2.24) is 9.88 Å². The minimum Gasteiger partial charge on any atom is -0.351 e. The van der Waals surface area contributed by atoms with Crippen molar-refractivity contribution in [3.63, 3.8) is 0 Å². The molecule has 2 rings (SSSR count). The maximum absolute atomic E-state index is 12.0. The highest BCUT2D eigenvalue weighted by Gasteiger charge is 2.22. The summed E-state index contributed by atoms with van der Waals surface area (Å²) in [6.07, 6.45) is 6.20. The SMILES string of the molecule is [N-]=[N+]=NCCCNC(=O)c1cccn1C1CCC1. The van der Waals surface area contributed by atoms with Gasteiger partial charge in [0.05, 0.1) is 0 Å². The molecule has 0 bridgehead atoms. The Hall–Kier alpha value is -1.94. The zero-order valence-corrected chi connectivity index (χ0v) is 10.2. The third-order valence-electron chi connectivity index (χ3n) is 3.26. The molecule has 1 fully saturated rings. The Morgan fingerprint density at radius 3 is 3.11 bits per heavy atom. The van der Waals surface area contributed by atoms with Crippen LogP contribution in [0.25, 0.3) is 10.4 Å². The lowest BCUT2D eigenvalue weighted by atomic mass is 9.93. The lowest BCUT2D eigenvalue weighted by molar-refractivity contribution is 0.0938. The van der Waals surface area contributed by atoms with Gasteiger partial charge in [0, 0.05) is 30.2 Å². The van der Waals surface area contributed by atoms with Gasteiger partial charge in [0.15, 0.2) is 0 Å². The summed E-state index contributed by atoms with van der Waals surface area (Å²) in [6.45, 7) is 0.952. The largest absolute Gasteiger partial charge is 0.351 e. The highest BCUT2D eigenvalue weighted by molar-refractivity contribution is 5.92. The zero-order valence-electron chi connectivity index (χ0n) is 10.2. The molecule has 0 atom stereocenters. The second-order valence-electron chi connectivity index (χ2n) is 4.45. The Labute approximate surface area is 106 Å². The van der Waals surface area contributed by atoms with Crippen LogP contribution >= 0.6 is 0 Å².